The Kier molecular flexibility index (Phi) is 5.98. The summed E-state index contributed by atoms with van der Waals surface area (Å²) >= 11 is 0. The van der Waals surface area contributed by atoms with Crippen molar-refractivity contribution in [1.29, 1.82) is 0 Å². The molecule has 0 radical (unpaired) electrons. The predicted molar refractivity (Wildman–Crippen MR) is 83.1 cm³/mol. The molecule has 1 aliphatic heterocycles. The van der Waals surface area contributed by atoms with Crippen LogP contribution in [0.1, 0.15) is 6.42 Å². The largest absolute Gasteiger partial charge is 0.384 e. The Labute approximate surface area is 126 Å². The van der Waals surface area contributed by atoms with E-state index < -0.39 is 10.0 Å². The zero-order valence-electron chi connectivity index (χ0n) is 12.3. The lowest BCUT2D eigenvalue weighted by molar-refractivity contribution is 0.0378. The minimum Gasteiger partial charge on any atom is -0.384 e. The lowest BCUT2D eigenvalue weighted by Crippen LogP contribution is -2.37. The van der Waals surface area contributed by atoms with Gasteiger partial charge in [0.05, 0.1) is 18.9 Å². The molecule has 0 aliphatic carbocycles. The van der Waals surface area contributed by atoms with Gasteiger partial charge < -0.3 is 10.1 Å². The summed E-state index contributed by atoms with van der Waals surface area (Å²) in [4.78, 5) is 2.65. The van der Waals surface area contributed by atoms with E-state index in [1.54, 1.807) is 18.2 Å². The number of rotatable bonds is 7. The highest BCUT2D eigenvalue weighted by atomic mass is 32.2. The van der Waals surface area contributed by atoms with Crippen LogP contribution in [-0.4, -0.2) is 59.8 Å². The lowest BCUT2D eigenvalue weighted by Gasteiger charge is -2.26. The third-order valence-electron chi connectivity index (χ3n) is 3.52. The summed E-state index contributed by atoms with van der Waals surface area (Å²) in [5, 5.41) is 3.22. The van der Waals surface area contributed by atoms with Crippen molar-refractivity contribution < 1.29 is 13.2 Å². The van der Waals surface area contributed by atoms with Crippen LogP contribution < -0.4 is 10.0 Å². The molecule has 2 N–H and O–H groups in total. The molecular formula is C14H23N3O3S. The first-order valence-corrected chi connectivity index (χ1v) is 8.68. The molecule has 1 fully saturated rings. The van der Waals surface area contributed by atoms with Crippen molar-refractivity contribution in [2.75, 3.05) is 51.8 Å². The quantitative estimate of drug-likeness (QED) is 0.726. The molecule has 0 unspecified atom stereocenters. The van der Waals surface area contributed by atoms with Crippen LogP contribution >= 0.6 is 0 Å². The number of hydrogen-bond donors (Lipinski definition) is 2. The van der Waals surface area contributed by atoms with Gasteiger partial charge in [-0.15, -0.1) is 0 Å². The second kappa shape index (κ2) is 7.74. The first kappa shape index (κ1) is 16.2. The van der Waals surface area contributed by atoms with Crippen molar-refractivity contribution in [3.63, 3.8) is 0 Å². The van der Waals surface area contributed by atoms with Gasteiger partial charge in [-0.3, -0.25) is 4.90 Å². The van der Waals surface area contributed by atoms with E-state index in [1.807, 2.05) is 6.07 Å². The summed E-state index contributed by atoms with van der Waals surface area (Å²) < 4.78 is 31.5. The number of nitrogens with one attached hydrogen (secondary N) is 2. The topological polar surface area (TPSA) is 70.7 Å². The summed E-state index contributed by atoms with van der Waals surface area (Å²) in [6.07, 6.45) is 0.966. The van der Waals surface area contributed by atoms with E-state index in [4.69, 9.17) is 4.74 Å². The van der Waals surface area contributed by atoms with Gasteiger partial charge in [-0.2, -0.15) is 0 Å². The van der Waals surface area contributed by atoms with E-state index in [0.29, 0.717) is 10.6 Å². The minimum atomic E-state index is -3.43. The third kappa shape index (κ3) is 4.67. The van der Waals surface area contributed by atoms with Crippen LogP contribution in [0.25, 0.3) is 0 Å². The van der Waals surface area contributed by atoms with Gasteiger partial charge in [0, 0.05) is 19.6 Å². The highest BCUT2D eigenvalue weighted by Crippen LogP contribution is 2.20. The Balaban J connectivity index is 1.86. The Bertz CT molecular complexity index is 542. The highest BCUT2D eigenvalue weighted by Gasteiger charge is 2.15. The van der Waals surface area contributed by atoms with Crippen molar-refractivity contribution in [3.8, 4) is 0 Å². The van der Waals surface area contributed by atoms with Gasteiger partial charge in [-0.25, -0.2) is 13.1 Å². The number of anilines is 1. The Morgan fingerprint density at radius 1 is 1.24 bits per heavy atom. The van der Waals surface area contributed by atoms with Gasteiger partial charge in [-0.1, -0.05) is 12.1 Å². The van der Waals surface area contributed by atoms with E-state index in [-0.39, 0.29) is 0 Å². The van der Waals surface area contributed by atoms with Crippen molar-refractivity contribution >= 4 is 15.7 Å². The second-order valence-electron chi connectivity index (χ2n) is 4.94. The Morgan fingerprint density at radius 3 is 2.67 bits per heavy atom. The Morgan fingerprint density at radius 2 is 1.95 bits per heavy atom. The molecule has 1 heterocycles. The van der Waals surface area contributed by atoms with Gasteiger partial charge in [0.15, 0.2) is 0 Å². The molecule has 1 saturated heterocycles. The van der Waals surface area contributed by atoms with Crippen LogP contribution in [0.2, 0.25) is 0 Å². The zero-order valence-corrected chi connectivity index (χ0v) is 13.2. The van der Waals surface area contributed by atoms with Crippen LogP contribution in [0, 0.1) is 0 Å². The number of ether oxygens (including phenoxy) is 1. The van der Waals surface area contributed by atoms with Gasteiger partial charge in [-0.05, 0) is 32.1 Å². The molecule has 0 spiro atoms. The van der Waals surface area contributed by atoms with Gasteiger partial charge in [0.1, 0.15) is 4.90 Å². The van der Waals surface area contributed by atoms with E-state index in [0.717, 1.165) is 45.8 Å². The number of benzene rings is 1. The maximum absolute atomic E-state index is 11.9. The van der Waals surface area contributed by atoms with Crippen LogP contribution in [-0.2, 0) is 14.8 Å². The maximum Gasteiger partial charge on any atom is 0.242 e. The maximum atomic E-state index is 11.9. The molecule has 1 aromatic rings. The zero-order chi connectivity index (χ0) is 15.1. The number of sulfonamides is 1. The van der Waals surface area contributed by atoms with Gasteiger partial charge >= 0.3 is 0 Å². The van der Waals surface area contributed by atoms with Gasteiger partial charge in [0.2, 0.25) is 10.0 Å². The van der Waals surface area contributed by atoms with Crippen molar-refractivity contribution in [3.05, 3.63) is 24.3 Å². The average molecular weight is 313 g/mol. The molecule has 0 amide bonds. The molecule has 1 aliphatic rings. The highest BCUT2D eigenvalue weighted by molar-refractivity contribution is 7.89. The Hall–Kier alpha value is -1.15. The first-order valence-electron chi connectivity index (χ1n) is 7.20. The smallest absolute Gasteiger partial charge is 0.242 e. The monoisotopic (exact) mass is 313 g/mol. The number of hydrogen-bond acceptors (Lipinski definition) is 5. The van der Waals surface area contributed by atoms with Crippen molar-refractivity contribution in [2.45, 2.75) is 11.3 Å². The molecule has 0 saturated carbocycles. The van der Waals surface area contributed by atoms with Crippen molar-refractivity contribution in [1.82, 2.24) is 9.62 Å². The molecule has 1 aromatic carbocycles. The van der Waals surface area contributed by atoms with Crippen LogP contribution in [0.5, 0.6) is 0 Å². The SMILES string of the molecule is CNS(=O)(=O)c1ccccc1NCCCN1CCOCC1. The van der Waals surface area contributed by atoms with E-state index in [2.05, 4.69) is 14.9 Å². The summed E-state index contributed by atoms with van der Waals surface area (Å²) in [5.74, 6) is 0. The van der Waals surface area contributed by atoms with E-state index in [9.17, 15) is 8.42 Å². The summed E-state index contributed by atoms with van der Waals surface area (Å²) in [6, 6.07) is 6.96. The summed E-state index contributed by atoms with van der Waals surface area (Å²) in [6.45, 7) is 5.30. The summed E-state index contributed by atoms with van der Waals surface area (Å²) in [5.41, 5.74) is 0.647. The molecule has 7 heteroatoms. The third-order valence-corrected chi connectivity index (χ3v) is 4.99. The number of morpholine rings is 1. The molecule has 0 aromatic heterocycles. The second-order valence-corrected chi connectivity index (χ2v) is 6.79. The molecule has 118 valence electrons. The molecular weight excluding hydrogens is 290 g/mol. The standard InChI is InChI=1S/C14H23N3O3S/c1-15-21(18,19)14-6-3-2-5-13(14)16-7-4-8-17-9-11-20-12-10-17/h2-3,5-6,15-16H,4,7-12H2,1H3. The molecule has 6 nitrogen and oxygen atoms in total. The van der Waals surface area contributed by atoms with Crippen LogP contribution in [0.4, 0.5) is 5.69 Å². The van der Waals surface area contributed by atoms with Crippen molar-refractivity contribution in [2.24, 2.45) is 0 Å². The minimum absolute atomic E-state index is 0.291. The normalized spacial score (nSPS) is 16.8. The first-order chi connectivity index (χ1) is 10.1. The van der Waals surface area contributed by atoms with E-state index >= 15 is 0 Å². The van der Waals surface area contributed by atoms with Crippen LogP contribution in [0.15, 0.2) is 29.2 Å². The van der Waals surface area contributed by atoms with E-state index in [1.165, 1.54) is 7.05 Å². The fourth-order valence-electron chi connectivity index (χ4n) is 2.31. The molecule has 0 atom stereocenters. The molecule has 0 bridgehead atoms. The molecule has 21 heavy (non-hydrogen) atoms. The summed E-state index contributed by atoms with van der Waals surface area (Å²) in [7, 11) is -2.00. The molecule has 2 rings (SSSR count). The van der Waals surface area contributed by atoms with Crippen LogP contribution in [0.3, 0.4) is 0 Å². The fraction of sp³-hybridized carbons (Fsp3) is 0.571. The average Bonchev–Trinajstić information content (AvgIpc) is 2.53. The lowest BCUT2D eigenvalue weighted by atomic mass is 10.3. The number of para-hydroxylation sites is 1. The fourth-order valence-corrected chi connectivity index (χ4v) is 3.21. The number of nitrogens with zero attached hydrogens (tertiary/aromatic N) is 1. The predicted octanol–water partition coefficient (Wildman–Crippen LogP) is 0.729. The van der Waals surface area contributed by atoms with Gasteiger partial charge in [0.25, 0.3) is 0 Å².